The Bertz CT molecular complexity index is 1230. The normalized spacial score (nSPS) is 10.8. The first-order valence-electron chi connectivity index (χ1n) is 10.1. The first-order valence-corrected chi connectivity index (χ1v) is 10.1. The van der Waals surface area contributed by atoms with Crippen molar-refractivity contribution in [3.8, 4) is 17.2 Å². The van der Waals surface area contributed by atoms with Crippen molar-refractivity contribution in [1.82, 2.24) is 24.7 Å². The topological polar surface area (TPSA) is 85.6 Å². The molecule has 0 unspecified atom stereocenters. The molecule has 156 valence electrons. The van der Waals surface area contributed by atoms with Gasteiger partial charge in [0.1, 0.15) is 0 Å². The fraction of sp³-hybridized carbons (Fsp3) is 0.208. The Morgan fingerprint density at radius 1 is 0.968 bits per heavy atom. The number of nitrogens with zero attached hydrogens (tertiary/aromatic N) is 5. The third kappa shape index (κ3) is 4.35. The first kappa shape index (κ1) is 20.4. The molecule has 7 heteroatoms. The number of carbonyl (C=O) groups is 1. The molecule has 0 saturated heterocycles. The molecule has 1 N–H and O–H groups in total. The maximum atomic E-state index is 12.9. The Balaban J connectivity index is 1.59. The smallest absolute Gasteiger partial charge is 0.251 e. The summed E-state index contributed by atoms with van der Waals surface area (Å²) in [7, 11) is 0. The van der Waals surface area contributed by atoms with Gasteiger partial charge in [-0.15, -0.1) is 0 Å². The first-order chi connectivity index (χ1) is 14.9. The van der Waals surface area contributed by atoms with Gasteiger partial charge < -0.3 is 5.32 Å². The minimum Gasteiger partial charge on any atom is -0.324 e. The Kier molecular flexibility index (Phi) is 5.58. The zero-order valence-corrected chi connectivity index (χ0v) is 18.0. The summed E-state index contributed by atoms with van der Waals surface area (Å²) < 4.78 is 1.71. The number of rotatable bonds is 5. The van der Waals surface area contributed by atoms with E-state index in [0.717, 1.165) is 39.6 Å². The van der Waals surface area contributed by atoms with Crippen LogP contribution in [0.5, 0.6) is 0 Å². The summed E-state index contributed by atoms with van der Waals surface area (Å²) in [5.41, 5.74) is 6.62. The van der Waals surface area contributed by atoms with Crippen LogP contribution in [0.25, 0.3) is 17.2 Å². The van der Waals surface area contributed by atoms with Crippen molar-refractivity contribution in [2.45, 2.75) is 34.1 Å². The van der Waals surface area contributed by atoms with Crippen molar-refractivity contribution >= 4 is 11.6 Å². The number of aromatic nitrogens is 5. The van der Waals surface area contributed by atoms with Crippen molar-refractivity contribution in [1.29, 1.82) is 0 Å². The summed E-state index contributed by atoms with van der Waals surface area (Å²) in [6, 6.07) is 15.4. The molecule has 1 amide bonds. The molecule has 0 fully saturated rings. The Morgan fingerprint density at radius 3 is 2.39 bits per heavy atom. The van der Waals surface area contributed by atoms with Crippen LogP contribution < -0.4 is 5.32 Å². The summed E-state index contributed by atoms with van der Waals surface area (Å²) in [5.74, 6) is 0.389. The zero-order chi connectivity index (χ0) is 22.0. The van der Waals surface area contributed by atoms with Crippen LogP contribution in [0.1, 0.15) is 28.3 Å². The Hall–Kier alpha value is -3.87. The van der Waals surface area contributed by atoms with Crippen molar-refractivity contribution in [3.63, 3.8) is 0 Å². The Labute approximate surface area is 181 Å². The summed E-state index contributed by atoms with van der Waals surface area (Å²) >= 11 is 0. The van der Waals surface area contributed by atoms with Crippen molar-refractivity contribution < 1.29 is 4.79 Å². The maximum Gasteiger partial charge on any atom is 0.251 e. The second kappa shape index (κ2) is 8.47. The highest BCUT2D eigenvalue weighted by Gasteiger charge is 2.18. The van der Waals surface area contributed by atoms with Crippen LogP contribution in [0.15, 0.2) is 54.7 Å². The second-order valence-corrected chi connectivity index (χ2v) is 7.50. The fourth-order valence-electron chi connectivity index (χ4n) is 3.61. The third-order valence-electron chi connectivity index (χ3n) is 5.07. The lowest BCUT2D eigenvalue weighted by Gasteiger charge is -2.11. The molecular formula is C24H24N6O. The van der Waals surface area contributed by atoms with E-state index in [2.05, 4.69) is 25.4 Å². The maximum absolute atomic E-state index is 12.9. The molecule has 31 heavy (non-hydrogen) atoms. The molecule has 0 atom stereocenters. The van der Waals surface area contributed by atoms with E-state index in [1.54, 1.807) is 10.9 Å². The lowest BCUT2D eigenvalue weighted by atomic mass is 10.1. The van der Waals surface area contributed by atoms with Crippen LogP contribution in [0.3, 0.4) is 0 Å². The number of nitrogens with one attached hydrogen (secondary N) is 1. The van der Waals surface area contributed by atoms with Crippen LogP contribution >= 0.6 is 0 Å². The molecule has 0 aliphatic carbocycles. The molecule has 3 heterocycles. The quantitative estimate of drug-likeness (QED) is 0.532. The molecule has 0 spiro atoms. The van der Waals surface area contributed by atoms with E-state index in [9.17, 15) is 4.79 Å². The molecule has 0 saturated carbocycles. The summed E-state index contributed by atoms with van der Waals surface area (Å²) in [4.78, 5) is 26.4. The van der Waals surface area contributed by atoms with Gasteiger partial charge >= 0.3 is 0 Å². The van der Waals surface area contributed by atoms with Gasteiger partial charge in [0.2, 0.25) is 5.91 Å². The standard InChI is InChI=1S/C24H24N6O/c1-15-13-16(2)27-24(26-15)30-18(4)20(17(3)29-30)14-22(31)28-21-11-8-12-25-23(21)19-9-6-5-7-10-19/h5-13H,14H2,1-4H3,(H,28,31). The van der Waals surface area contributed by atoms with Crippen molar-refractivity contribution in [3.05, 3.63) is 83.1 Å². The molecule has 0 aliphatic heterocycles. The summed E-state index contributed by atoms with van der Waals surface area (Å²) in [6.07, 6.45) is 1.92. The van der Waals surface area contributed by atoms with Gasteiger partial charge in [-0.05, 0) is 45.9 Å². The number of pyridine rings is 1. The number of carbonyl (C=O) groups excluding carboxylic acids is 1. The van der Waals surface area contributed by atoms with E-state index < -0.39 is 0 Å². The van der Waals surface area contributed by atoms with Crippen molar-refractivity contribution in [2.75, 3.05) is 5.32 Å². The molecule has 3 aromatic heterocycles. The van der Waals surface area contributed by atoms with Gasteiger partial charge in [-0.1, -0.05) is 30.3 Å². The zero-order valence-electron chi connectivity index (χ0n) is 18.0. The van der Waals surface area contributed by atoms with Crippen LogP contribution in [-0.2, 0) is 11.2 Å². The molecule has 1 aromatic carbocycles. The van der Waals surface area contributed by atoms with Gasteiger partial charge in [-0.2, -0.15) is 5.10 Å². The van der Waals surface area contributed by atoms with E-state index >= 15 is 0 Å². The molecule has 7 nitrogen and oxygen atoms in total. The highest BCUT2D eigenvalue weighted by atomic mass is 16.1. The number of hydrogen-bond acceptors (Lipinski definition) is 5. The molecular weight excluding hydrogens is 388 g/mol. The van der Waals surface area contributed by atoms with Gasteiger partial charge in [0.15, 0.2) is 0 Å². The average molecular weight is 412 g/mol. The molecule has 4 rings (SSSR count). The largest absolute Gasteiger partial charge is 0.324 e. The van der Waals surface area contributed by atoms with Crippen LogP contribution in [0.4, 0.5) is 5.69 Å². The third-order valence-corrected chi connectivity index (χ3v) is 5.07. The highest BCUT2D eigenvalue weighted by molar-refractivity contribution is 5.95. The van der Waals surface area contributed by atoms with Crippen LogP contribution in [0.2, 0.25) is 0 Å². The van der Waals surface area contributed by atoms with E-state index in [4.69, 9.17) is 0 Å². The average Bonchev–Trinajstić information content (AvgIpc) is 3.02. The van der Waals surface area contributed by atoms with E-state index in [1.807, 2.05) is 76.2 Å². The van der Waals surface area contributed by atoms with Gasteiger partial charge in [0, 0.05) is 34.4 Å². The lowest BCUT2D eigenvalue weighted by molar-refractivity contribution is -0.115. The predicted octanol–water partition coefficient (Wildman–Crippen LogP) is 4.14. The molecule has 0 aliphatic rings. The van der Waals surface area contributed by atoms with Crippen LogP contribution in [-0.4, -0.2) is 30.6 Å². The number of benzene rings is 1. The van der Waals surface area contributed by atoms with Gasteiger partial charge in [0.25, 0.3) is 5.95 Å². The SMILES string of the molecule is Cc1cc(C)nc(-n2nc(C)c(CC(=O)Nc3cccnc3-c3ccccc3)c2C)n1. The van der Waals surface area contributed by atoms with E-state index in [-0.39, 0.29) is 12.3 Å². The Morgan fingerprint density at radius 2 is 1.68 bits per heavy atom. The highest BCUT2D eigenvalue weighted by Crippen LogP contribution is 2.25. The minimum atomic E-state index is -0.128. The molecule has 4 aromatic rings. The number of hydrogen-bond donors (Lipinski definition) is 1. The molecule has 0 radical (unpaired) electrons. The van der Waals surface area contributed by atoms with E-state index in [0.29, 0.717) is 11.6 Å². The number of anilines is 1. The summed E-state index contributed by atoms with van der Waals surface area (Å²) in [5, 5.41) is 7.60. The lowest BCUT2D eigenvalue weighted by Crippen LogP contribution is -2.16. The number of aryl methyl sites for hydroxylation is 3. The second-order valence-electron chi connectivity index (χ2n) is 7.50. The predicted molar refractivity (Wildman–Crippen MR) is 120 cm³/mol. The fourth-order valence-corrected chi connectivity index (χ4v) is 3.61. The van der Waals surface area contributed by atoms with Crippen LogP contribution in [0, 0.1) is 27.7 Å². The van der Waals surface area contributed by atoms with Gasteiger partial charge in [0.05, 0.1) is 23.5 Å². The molecule has 0 bridgehead atoms. The van der Waals surface area contributed by atoms with Crippen molar-refractivity contribution in [2.24, 2.45) is 0 Å². The van der Waals surface area contributed by atoms with Gasteiger partial charge in [-0.25, -0.2) is 14.6 Å². The monoisotopic (exact) mass is 412 g/mol. The summed E-state index contributed by atoms with van der Waals surface area (Å²) in [6.45, 7) is 7.68. The number of amides is 1. The van der Waals surface area contributed by atoms with Gasteiger partial charge in [-0.3, -0.25) is 9.78 Å². The van der Waals surface area contributed by atoms with E-state index in [1.165, 1.54) is 0 Å². The minimum absolute atomic E-state index is 0.128.